The minimum Gasteiger partial charge on any atom is -0.357 e. The molecule has 0 unspecified atom stereocenters. The molecule has 1 amide bonds. The Morgan fingerprint density at radius 2 is 1.76 bits per heavy atom. The molecule has 0 saturated carbocycles. The van der Waals surface area contributed by atoms with Gasteiger partial charge in [0.2, 0.25) is 5.95 Å². The lowest BCUT2D eigenvalue weighted by Crippen LogP contribution is -2.30. The van der Waals surface area contributed by atoms with E-state index in [2.05, 4.69) is 35.8 Å². The van der Waals surface area contributed by atoms with Crippen molar-refractivity contribution < 1.29 is 4.79 Å². The monoisotopic (exact) mass is 445 g/mol. The second kappa shape index (κ2) is 10.3. The fourth-order valence-electron chi connectivity index (χ4n) is 3.79. The number of aromatic nitrogens is 3. The van der Waals surface area contributed by atoms with E-state index in [0.717, 1.165) is 30.2 Å². The molecule has 3 N–H and O–H groups in total. The summed E-state index contributed by atoms with van der Waals surface area (Å²) >= 11 is 0. The second-order valence-electron chi connectivity index (χ2n) is 8.60. The second-order valence-corrected chi connectivity index (χ2v) is 8.60. The molecule has 8 heteroatoms. The number of benzene rings is 1. The van der Waals surface area contributed by atoms with Gasteiger partial charge < -0.3 is 20.9 Å². The smallest absolute Gasteiger partial charge is 0.253 e. The highest BCUT2D eigenvalue weighted by atomic mass is 16.1. The molecular formula is C25H31N7O. The molecule has 0 radical (unpaired) electrons. The first kappa shape index (κ1) is 22.5. The van der Waals surface area contributed by atoms with Crippen LogP contribution in [0.2, 0.25) is 0 Å². The fourth-order valence-corrected chi connectivity index (χ4v) is 3.79. The van der Waals surface area contributed by atoms with Gasteiger partial charge in [0, 0.05) is 30.9 Å². The van der Waals surface area contributed by atoms with E-state index in [0.29, 0.717) is 23.0 Å². The number of aryl methyl sites for hydroxylation is 1. The number of carbonyl (C=O) groups excluding carboxylic acids is 1. The molecular weight excluding hydrogens is 414 g/mol. The number of rotatable bonds is 7. The SMILES string of the molecule is Cc1cnc(Nc2ccc(N3CCCCC3)nc2)nc1Nc1ccccc1C(=O)NC(C)C. The lowest BCUT2D eigenvalue weighted by Gasteiger charge is -2.27. The fraction of sp³-hybridized carbons (Fsp3) is 0.360. The van der Waals surface area contributed by atoms with Crippen molar-refractivity contribution in [3.63, 3.8) is 0 Å². The summed E-state index contributed by atoms with van der Waals surface area (Å²) in [6.45, 7) is 7.93. The highest BCUT2D eigenvalue weighted by Crippen LogP contribution is 2.24. The Kier molecular flexibility index (Phi) is 7.02. The Hall–Kier alpha value is -3.68. The van der Waals surface area contributed by atoms with E-state index in [-0.39, 0.29) is 11.9 Å². The molecule has 8 nitrogen and oxygen atoms in total. The standard InChI is InChI=1S/C25H31N7O/c1-17(2)28-24(33)20-9-5-6-10-21(20)30-23-18(3)15-27-25(31-23)29-19-11-12-22(26-16-19)32-13-7-4-8-14-32/h5-6,9-12,15-17H,4,7-8,13-14H2,1-3H3,(H,28,33)(H2,27,29,30,31). The molecule has 172 valence electrons. The van der Waals surface area contributed by atoms with Crippen LogP contribution in [-0.2, 0) is 0 Å². The molecule has 3 aromatic rings. The first-order chi connectivity index (χ1) is 16.0. The number of nitrogens with one attached hydrogen (secondary N) is 3. The number of piperidine rings is 1. The Bertz CT molecular complexity index is 1090. The lowest BCUT2D eigenvalue weighted by molar-refractivity contribution is 0.0944. The van der Waals surface area contributed by atoms with Crippen LogP contribution in [0.3, 0.4) is 0 Å². The molecule has 1 aliphatic heterocycles. The van der Waals surface area contributed by atoms with E-state index >= 15 is 0 Å². The zero-order chi connectivity index (χ0) is 23.2. The maximum atomic E-state index is 12.6. The maximum absolute atomic E-state index is 12.6. The maximum Gasteiger partial charge on any atom is 0.253 e. The summed E-state index contributed by atoms with van der Waals surface area (Å²) in [5.41, 5.74) is 2.95. The van der Waals surface area contributed by atoms with Gasteiger partial charge in [-0.25, -0.2) is 9.97 Å². The quantitative estimate of drug-likeness (QED) is 0.481. The summed E-state index contributed by atoms with van der Waals surface area (Å²) in [6.07, 6.45) is 7.30. The molecule has 1 fully saturated rings. The molecule has 1 aliphatic rings. The van der Waals surface area contributed by atoms with Crippen LogP contribution in [0.25, 0.3) is 0 Å². The lowest BCUT2D eigenvalue weighted by atomic mass is 10.1. The van der Waals surface area contributed by atoms with E-state index in [1.165, 1.54) is 19.3 Å². The number of para-hydroxylation sites is 1. The van der Waals surface area contributed by atoms with Crippen LogP contribution in [0.1, 0.15) is 49.0 Å². The van der Waals surface area contributed by atoms with Crippen molar-refractivity contribution in [2.24, 2.45) is 0 Å². The molecule has 0 aliphatic carbocycles. The summed E-state index contributed by atoms with van der Waals surface area (Å²) in [5, 5.41) is 9.47. The molecule has 3 heterocycles. The minimum absolute atomic E-state index is 0.0528. The third kappa shape index (κ3) is 5.77. The zero-order valence-corrected chi connectivity index (χ0v) is 19.4. The Labute approximate surface area is 194 Å². The molecule has 1 aromatic carbocycles. The number of hydrogen-bond acceptors (Lipinski definition) is 7. The Morgan fingerprint density at radius 1 is 0.970 bits per heavy atom. The van der Waals surface area contributed by atoms with Crippen LogP contribution in [0.5, 0.6) is 0 Å². The van der Waals surface area contributed by atoms with Gasteiger partial charge in [0.05, 0.1) is 23.1 Å². The van der Waals surface area contributed by atoms with Gasteiger partial charge in [-0.1, -0.05) is 12.1 Å². The number of nitrogens with zero attached hydrogens (tertiary/aromatic N) is 4. The van der Waals surface area contributed by atoms with Gasteiger partial charge in [0.15, 0.2) is 0 Å². The number of pyridine rings is 1. The summed E-state index contributed by atoms with van der Waals surface area (Å²) in [4.78, 5) is 28.6. The highest BCUT2D eigenvalue weighted by molar-refractivity contribution is 6.00. The van der Waals surface area contributed by atoms with Crippen LogP contribution < -0.4 is 20.9 Å². The molecule has 0 bridgehead atoms. The van der Waals surface area contributed by atoms with E-state index in [4.69, 9.17) is 0 Å². The van der Waals surface area contributed by atoms with Crippen molar-refractivity contribution in [3.8, 4) is 0 Å². The average molecular weight is 446 g/mol. The molecule has 33 heavy (non-hydrogen) atoms. The van der Waals surface area contributed by atoms with Gasteiger partial charge in [-0.3, -0.25) is 4.79 Å². The van der Waals surface area contributed by atoms with Gasteiger partial charge >= 0.3 is 0 Å². The van der Waals surface area contributed by atoms with Gasteiger partial charge in [-0.15, -0.1) is 0 Å². The summed E-state index contributed by atoms with van der Waals surface area (Å²) in [5.74, 6) is 1.97. The van der Waals surface area contributed by atoms with E-state index < -0.39 is 0 Å². The van der Waals surface area contributed by atoms with Crippen LogP contribution >= 0.6 is 0 Å². The minimum atomic E-state index is -0.127. The summed E-state index contributed by atoms with van der Waals surface area (Å²) < 4.78 is 0. The van der Waals surface area contributed by atoms with Crippen molar-refractivity contribution in [3.05, 3.63) is 59.9 Å². The van der Waals surface area contributed by atoms with Crippen molar-refractivity contribution in [1.82, 2.24) is 20.3 Å². The van der Waals surface area contributed by atoms with Crippen LogP contribution in [0, 0.1) is 6.92 Å². The predicted octanol–water partition coefficient (Wildman–Crippen LogP) is 4.80. The normalized spacial score (nSPS) is 13.6. The van der Waals surface area contributed by atoms with Crippen LogP contribution in [-0.4, -0.2) is 40.0 Å². The summed E-state index contributed by atoms with van der Waals surface area (Å²) in [7, 11) is 0. The van der Waals surface area contributed by atoms with Gasteiger partial charge in [-0.2, -0.15) is 4.98 Å². The van der Waals surface area contributed by atoms with Crippen molar-refractivity contribution in [1.29, 1.82) is 0 Å². The first-order valence-electron chi connectivity index (χ1n) is 11.5. The molecule has 0 atom stereocenters. The van der Waals surface area contributed by atoms with Crippen LogP contribution in [0.15, 0.2) is 48.8 Å². The van der Waals surface area contributed by atoms with Gasteiger partial charge in [0.25, 0.3) is 5.91 Å². The first-order valence-corrected chi connectivity index (χ1v) is 11.5. The van der Waals surface area contributed by atoms with Crippen LogP contribution in [0.4, 0.5) is 29.0 Å². The van der Waals surface area contributed by atoms with Gasteiger partial charge in [0.1, 0.15) is 11.6 Å². The third-order valence-corrected chi connectivity index (χ3v) is 5.50. The predicted molar refractivity (Wildman–Crippen MR) is 133 cm³/mol. The summed E-state index contributed by atoms with van der Waals surface area (Å²) in [6, 6.07) is 11.5. The molecule has 4 rings (SSSR count). The molecule has 2 aromatic heterocycles. The van der Waals surface area contributed by atoms with Gasteiger partial charge in [-0.05, 0) is 64.3 Å². The largest absolute Gasteiger partial charge is 0.357 e. The molecule has 1 saturated heterocycles. The van der Waals surface area contributed by atoms with Crippen molar-refractivity contribution >= 4 is 34.9 Å². The molecule has 0 spiro atoms. The Balaban J connectivity index is 1.49. The van der Waals surface area contributed by atoms with Crippen molar-refractivity contribution in [2.75, 3.05) is 28.6 Å². The average Bonchev–Trinajstić information content (AvgIpc) is 2.82. The third-order valence-electron chi connectivity index (χ3n) is 5.50. The van der Waals surface area contributed by atoms with Crippen molar-refractivity contribution in [2.45, 2.75) is 46.1 Å². The number of amides is 1. The topological polar surface area (TPSA) is 95.1 Å². The highest BCUT2D eigenvalue weighted by Gasteiger charge is 2.14. The van der Waals surface area contributed by atoms with E-state index in [1.54, 1.807) is 12.3 Å². The van der Waals surface area contributed by atoms with E-state index in [1.807, 2.05) is 57.3 Å². The number of hydrogen-bond donors (Lipinski definition) is 3. The zero-order valence-electron chi connectivity index (χ0n) is 19.4. The number of carbonyl (C=O) groups is 1. The van der Waals surface area contributed by atoms with E-state index in [9.17, 15) is 4.79 Å². The number of anilines is 5. The Morgan fingerprint density at radius 3 is 2.48 bits per heavy atom.